The number of ether oxygens (including phenoxy) is 3. The molecule has 5 nitrogen and oxygen atoms in total. The number of allylic oxidation sites excluding steroid dienone is 1. The Labute approximate surface area is 156 Å². The fourth-order valence-electron chi connectivity index (χ4n) is 6.13. The Kier molecular flexibility index (Phi) is 4.75. The molecule has 0 aromatic rings. The van der Waals surface area contributed by atoms with Crippen molar-refractivity contribution >= 4 is 12.4 Å². The fourth-order valence-corrected chi connectivity index (χ4v) is 6.13. The first-order valence-corrected chi connectivity index (χ1v) is 9.70. The molecule has 5 heteroatoms. The van der Waals surface area contributed by atoms with E-state index >= 15 is 0 Å². The van der Waals surface area contributed by atoms with Crippen molar-refractivity contribution in [2.24, 2.45) is 11.3 Å². The number of fused-ring (bicyclic) bond motifs is 2. The average Bonchev–Trinajstić information content (AvgIpc) is 2.92. The highest BCUT2D eigenvalue weighted by Crippen LogP contribution is 2.65. The topological polar surface area (TPSA) is 61.8 Å². The predicted octanol–water partition coefficient (Wildman–Crippen LogP) is 3.95. The molecule has 2 fully saturated rings. The Balaban J connectivity index is 1.99. The second kappa shape index (κ2) is 6.36. The van der Waals surface area contributed by atoms with Gasteiger partial charge in [0.15, 0.2) is 0 Å². The molecular formula is C21H32O5. The average molecular weight is 364 g/mol. The van der Waals surface area contributed by atoms with E-state index in [0.29, 0.717) is 6.47 Å². The number of carbonyl (C=O) groups is 2. The zero-order valence-corrected chi connectivity index (χ0v) is 16.7. The highest BCUT2D eigenvalue weighted by molar-refractivity contribution is 5.70. The highest BCUT2D eigenvalue weighted by Gasteiger charge is 2.66. The lowest BCUT2D eigenvalue weighted by Gasteiger charge is -2.60. The molecule has 5 atom stereocenters. The molecule has 0 aromatic heterocycles. The van der Waals surface area contributed by atoms with Gasteiger partial charge in [-0.3, -0.25) is 9.59 Å². The van der Waals surface area contributed by atoms with Crippen LogP contribution in [0.4, 0.5) is 0 Å². The number of methoxy groups -OCH3 is 1. The van der Waals surface area contributed by atoms with Crippen LogP contribution in [-0.2, 0) is 23.8 Å². The Hall–Kier alpha value is -1.36. The van der Waals surface area contributed by atoms with Gasteiger partial charge in [0, 0.05) is 11.3 Å². The number of esters is 1. The molecule has 1 saturated carbocycles. The molecule has 0 radical (unpaired) electrons. The minimum atomic E-state index is -0.521. The van der Waals surface area contributed by atoms with E-state index in [1.54, 1.807) is 0 Å². The van der Waals surface area contributed by atoms with Gasteiger partial charge in [0.25, 0.3) is 6.47 Å². The van der Waals surface area contributed by atoms with Crippen LogP contribution in [0.25, 0.3) is 0 Å². The molecule has 26 heavy (non-hydrogen) atoms. The standard InChI is InChI=1S/C21H32O5/c1-15-7-8-16-19(3,9-6-10-20(16,4)25-14-22)21(15)12-11-18(2,26-21)13-17(23)24-5/h7,14,16H,6,8-13H2,1-5H3. The van der Waals surface area contributed by atoms with Crippen molar-refractivity contribution in [1.82, 2.24) is 0 Å². The van der Waals surface area contributed by atoms with Gasteiger partial charge in [-0.2, -0.15) is 0 Å². The van der Waals surface area contributed by atoms with Crippen LogP contribution in [0.3, 0.4) is 0 Å². The summed E-state index contributed by atoms with van der Waals surface area (Å²) in [6.07, 6.45) is 8.04. The molecule has 0 aromatic carbocycles. The van der Waals surface area contributed by atoms with Crippen molar-refractivity contribution < 1.29 is 23.8 Å². The van der Waals surface area contributed by atoms with Crippen LogP contribution in [0.5, 0.6) is 0 Å². The van der Waals surface area contributed by atoms with Crippen molar-refractivity contribution in [1.29, 1.82) is 0 Å². The van der Waals surface area contributed by atoms with Gasteiger partial charge < -0.3 is 14.2 Å². The smallest absolute Gasteiger partial charge is 0.308 e. The summed E-state index contributed by atoms with van der Waals surface area (Å²) >= 11 is 0. The van der Waals surface area contributed by atoms with Crippen molar-refractivity contribution in [3.05, 3.63) is 11.6 Å². The first-order valence-electron chi connectivity index (χ1n) is 9.70. The minimum absolute atomic E-state index is 0.129. The minimum Gasteiger partial charge on any atom is -0.469 e. The summed E-state index contributed by atoms with van der Waals surface area (Å²) in [4.78, 5) is 23.1. The zero-order chi connectivity index (χ0) is 19.2. The van der Waals surface area contributed by atoms with Crippen LogP contribution < -0.4 is 0 Å². The number of hydrogen-bond acceptors (Lipinski definition) is 5. The summed E-state index contributed by atoms with van der Waals surface area (Å²) in [5, 5.41) is 0. The number of hydrogen-bond donors (Lipinski definition) is 0. The first-order chi connectivity index (χ1) is 12.1. The van der Waals surface area contributed by atoms with Gasteiger partial charge in [0.1, 0.15) is 5.60 Å². The van der Waals surface area contributed by atoms with Gasteiger partial charge in [-0.25, -0.2) is 0 Å². The largest absolute Gasteiger partial charge is 0.469 e. The lowest BCUT2D eigenvalue weighted by atomic mass is 9.49. The van der Waals surface area contributed by atoms with Gasteiger partial charge in [0.2, 0.25) is 0 Å². The normalized spacial score (nSPS) is 45.0. The second-order valence-electron chi connectivity index (χ2n) is 9.11. The van der Waals surface area contributed by atoms with Gasteiger partial charge in [-0.15, -0.1) is 0 Å². The molecule has 0 amide bonds. The van der Waals surface area contributed by atoms with Crippen LogP contribution in [0.15, 0.2) is 11.6 Å². The first kappa shape index (κ1) is 19.4. The molecule has 1 spiro atoms. The third-order valence-corrected chi connectivity index (χ3v) is 7.58. The van der Waals surface area contributed by atoms with Gasteiger partial charge >= 0.3 is 5.97 Å². The third kappa shape index (κ3) is 2.70. The van der Waals surface area contributed by atoms with E-state index in [4.69, 9.17) is 14.2 Å². The summed E-state index contributed by atoms with van der Waals surface area (Å²) in [5.74, 6) is -0.0282. The summed E-state index contributed by atoms with van der Waals surface area (Å²) in [5.41, 5.74) is -0.279. The number of rotatable bonds is 4. The van der Waals surface area contributed by atoms with E-state index in [1.165, 1.54) is 12.7 Å². The third-order valence-electron chi connectivity index (χ3n) is 7.58. The molecule has 1 saturated heterocycles. The van der Waals surface area contributed by atoms with Crippen molar-refractivity contribution in [3.8, 4) is 0 Å². The highest BCUT2D eigenvalue weighted by atomic mass is 16.6. The van der Waals surface area contributed by atoms with Crippen LogP contribution in [0.2, 0.25) is 0 Å². The maximum atomic E-state index is 11.9. The molecule has 3 rings (SSSR count). The van der Waals surface area contributed by atoms with Crippen molar-refractivity contribution in [2.45, 2.75) is 89.4 Å². The predicted molar refractivity (Wildman–Crippen MR) is 97.5 cm³/mol. The molecule has 3 aliphatic rings. The quantitative estimate of drug-likeness (QED) is 0.429. The Morgan fingerprint density at radius 1 is 1.27 bits per heavy atom. The van der Waals surface area contributed by atoms with Crippen LogP contribution in [-0.4, -0.2) is 36.4 Å². The van der Waals surface area contributed by atoms with E-state index in [0.717, 1.165) is 38.5 Å². The Morgan fingerprint density at radius 3 is 2.65 bits per heavy atom. The van der Waals surface area contributed by atoms with Crippen LogP contribution in [0, 0.1) is 11.3 Å². The molecule has 0 bridgehead atoms. The zero-order valence-electron chi connectivity index (χ0n) is 16.7. The fraction of sp³-hybridized carbons (Fsp3) is 0.810. The molecule has 1 aliphatic heterocycles. The SMILES string of the molecule is COC(=O)CC1(C)CCC2(O1)C(C)=CCC1C(C)(OC=O)CCCC12C. The van der Waals surface area contributed by atoms with Gasteiger partial charge in [-0.1, -0.05) is 13.0 Å². The maximum absolute atomic E-state index is 11.9. The molecule has 1 heterocycles. The van der Waals surface area contributed by atoms with Gasteiger partial charge in [-0.05, 0) is 64.9 Å². The molecular weight excluding hydrogens is 332 g/mol. The summed E-state index contributed by atoms with van der Waals surface area (Å²) in [6, 6.07) is 0. The monoisotopic (exact) mass is 364 g/mol. The van der Waals surface area contributed by atoms with Crippen molar-refractivity contribution in [2.75, 3.05) is 7.11 Å². The van der Waals surface area contributed by atoms with E-state index in [-0.39, 0.29) is 23.7 Å². The van der Waals surface area contributed by atoms with E-state index in [2.05, 4.69) is 26.8 Å². The molecule has 146 valence electrons. The molecule has 0 N–H and O–H groups in total. The number of carbonyl (C=O) groups excluding carboxylic acids is 2. The van der Waals surface area contributed by atoms with Crippen molar-refractivity contribution in [3.63, 3.8) is 0 Å². The molecule has 5 unspecified atom stereocenters. The van der Waals surface area contributed by atoms with Crippen LogP contribution >= 0.6 is 0 Å². The summed E-state index contributed by atoms with van der Waals surface area (Å²) < 4.78 is 17.3. The van der Waals surface area contributed by atoms with E-state index in [9.17, 15) is 9.59 Å². The van der Waals surface area contributed by atoms with E-state index < -0.39 is 16.8 Å². The summed E-state index contributed by atoms with van der Waals surface area (Å²) in [7, 11) is 1.42. The van der Waals surface area contributed by atoms with Crippen LogP contribution in [0.1, 0.15) is 72.6 Å². The maximum Gasteiger partial charge on any atom is 0.308 e. The summed E-state index contributed by atoms with van der Waals surface area (Å²) in [6.45, 7) is 9.12. The van der Waals surface area contributed by atoms with Gasteiger partial charge in [0.05, 0.1) is 24.7 Å². The Morgan fingerprint density at radius 2 is 2.00 bits per heavy atom. The lowest BCUT2D eigenvalue weighted by Crippen LogP contribution is -2.62. The molecule has 2 aliphatic carbocycles. The Bertz CT molecular complexity index is 628. The van der Waals surface area contributed by atoms with E-state index in [1.807, 2.05) is 6.92 Å². The lowest BCUT2D eigenvalue weighted by molar-refractivity contribution is -0.216. The second-order valence-corrected chi connectivity index (χ2v) is 9.11.